The second kappa shape index (κ2) is 17.6. The van der Waals surface area contributed by atoms with E-state index in [1.54, 1.807) is 43.3 Å². The van der Waals surface area contributed by atoms with Gasteiger partial charge in [0.15, 0.2) is 5.69 Å². The van der Waals surface area contributed by atoms with Gasteiger partial charge in [-0.05, 0) is 72.9 Å². The highest BCUT2D eigenvalue weighted by Crippen LogP contribution is 2.31. The molecule has 0 aliphatic carbocycles. The maximum atomic E-state index is 13.9. The molecule has 14 nitrogen and oxygen atoms in total. The normalized spacial score (nSPS) is 11.4. The Balaban J connectivity index is 1.52. The first-order valence-electron chi connectivity index (χ1n) is 17.1. The Morgan fingerprint density at radius 1 is 0.852 bits per heavy atom. The molecule has 0 spiro atoms. The number of pyridine rings is 1. The first-order valence-corrected chi connectivity index (χ1v) is 17.1. The number of anilines is 1. The molecule has 2 heterocycles. The Labute approximate surface area is 311 Å². The zero-order valence-corrected chi connectivity index (χ0v) is 30.2. The lowest BCUT2D eigenvalue weighted by atomic mass is 9.95. The summed E-state index contributed by atoms with van der Waals surface area (Å²) in [5.41, 5.74) is 7.73. The molecular weight excluding hydrogens is 692 g/mol. The molecule has 0 aliphatic rings. The van der Waals surface area contributed by atoms with Crippen LogP contribution in [0.25, 0.3) is 11.1 Å². The van der Waals surface area contributed by atoms with Crippen LogP contribution in [0.4, 0.5) is 5.69 Å². The Bertz CT molecular complexity index is 2150. The molecule has 5 rings (SSSR count). The summed E-state index contributed by atoms with van der Waals surface area (Å²) < 4.78 is 21.6. The first kappa shape index (κ1) is 38.4. The summed E-state index contributed by atoms with van der Waals surface area (Å²) >= 11 is 0. The molecule has 3 aromatic carbocycles. The van der Waals surface area contributed by atoms with E-state index in [0.29, 0.717) is 17.7 Å². The molecule has 5 aromatic rings. The van der Waals surface area contributed by atoms with Gasteiger partial charge in [0.05, 0.1) is 19.3 Å². The third-order valence-electron chi connectivity index (χ3n) is 8.07. The molecule has 0 saturated heterocycles. The number of esters is 2. The SMILES string of the molecule is CCOC(=O)c1coc(C(CC(C)C)NC(=O)c2ccc(-c3ccc(OC)nc3C(=O)Nc3ccc(C(=N)N)cc3)c(C(=O)OCc3ccccc3)c2)n1. The van der Waals surface area contributed by atoms with E-state index in [2.05, 4.69) is 20.6 Å². The topological polar surface area (TPSA) is 209 Å². The number of hydrogen-bond donors (Lipinski definition) is 4. The fourth-order valence-electron chi connectivity index (χ4n) is 5.44. The van der Waals surface area contributed by atoms with E-state index >= 15 is 0 Å². The minimum Gasteiger partial charge on any atom is -0.481 e. The minimum atomic E-state index is -0.754. The summed E-state index contributed by atoms with van der Waals surface area (Å²) in [6.07, 6.45) is 1.60. The van der Waals surface area contributed by atoms with Crippen LogP contribution in [0.1, 0.15) is 91.9 Å². The summed E-state index contributed by atoms with van der Waals surface area (Å²) in [6.45, 7) is 5.71. The predicted octanol–water partition coefficient (Wildman–Crippen LogP) is 6.33. The lowest BCUT2D eigenvalue weighted by Gasteiger charge is -2.19. The maximum Gasteiger partial charge on any atom is 0.360 e. The summed E-state index contributed by atoms with van der Waals surface area (Å²) in [7, 11) is 1.41. The van der Waals surface area contributed by atoms with Gasteiger partial charge in [-0.3, -0.25) is 15.0 Å². The Kier molecular flexibility index (Phi) is 12.5. The highest BCUT2D eigenvalue weighted by atomic mass is 16.5. The number of carbonyl (C=O) groups excluding carboxylic acids is 4. The number of nitrogens with one attached hydrogen (secondary N) is 3. The van der Waals surface area contributed by atoms with Crippen molar-refractivity contribution in [1.82, 2.24) is 15.3 Å². The number of oxazole rings is 1. The van der Waals surface area contributed by atoms with Crippen molar-refractivity contribution in [2.45, 2.75) is 39.8 Å². The summed E-state index contributed by atoms with van der Waals surface area (Å²) in [5, 5.41) is 13.3. The van der Waals surface area contributed by atoms with Gasteiger partial charge in [-0.15, -0.1) is 0 Å². The number of nitrogens with zero attached hydrogens (tertiary/aromatic N) is 2. The van der Waals surface area contributed by atoms with Gasteiger partial charge in [0.25, 0.3) is 11.8 Å². The lowest BCUT2D eigenvalue weighted by molar-refractivity contribution is 0.0471. The number of amides is 2. The highest BCUT2D eigenvalue weighted by molar-refractivity contribution is 6.10. The second-order valence-electron chi connectivity index (χ2n) is 12.5. The van der Waals surface area contributed by atoms with E-state index in [1.165, 1.54) is 31.6 Å². The standard InChI is InChI=1S/C40H40N6O8/c1-5-52-40(50)32-22-53-38(45-32)31(19-23(2)3)44-36(47)26-13-16-28(30(20-26)39(49)54-21-24-9-7-6-8-10-24)29-17-18-33(51-4)46-34(29)37(48)43-27-14-11-25(12-15-27)35(41)42/h6-18,20,22-23,31H,5,19,21H2,1-4H3,(H3,41,42)(H,43,48)(H,44,47). The van der Waals surface area contributed by atoms with E-state index in [4.69, 9.17) is 29.8 Å². The van der Waals surface area contributed by atoms with E-state index < -0.39 is 29.8 Å². The number of benzene rings is 3. The zero-order valence-electron chi connectivity index (χ0n) is 30.2. The molecule has 2 amide bonds. The molecular formula is C40H40N6O8. The Morgan fingerprint density at radius 2 is 1.56 bits per heavy atom. The summed E-state index contributed by atoms with van der Waals surface area (Å²) in [4.78, 5) is 62.4. The molecule has 14 heteroatoms. The number of aromatic nitrogens is 2. The molecule has 2 aromatic heterocycles. The predicted molar refractivity (Wildman–Crippen MR) is 199 cm³/mol. The van der Waals surface area contributed by atoms with Crippen molar-refractivity contribution in [2.24, 2.45) is 11.7 Å². The van der Waals surface area contributed by atoms with Gasteiger partial charge in [-0.2, -0.15) is 0 Å². The van der Waals surface area contributed by atoms with Crippen molar-refractivity contribution in [3.63, 3.8) is 0 Å². The van der Waals surface area contributed by atoms with Crippen LogP contribution in [0.2, 0.25) is 0 Å². The number of carbonyl (C=O) groups is 4. The number of amidine groups is 1. The minimum absolute atomic E-state index is 0.00783. The number of rotatable bonds is 15. The molecule has 0 radical (unpaired) electrons. The van der Waals surface area contributed by atoms with Crippen molar-refractivity contribution in [1.29, 1.82) is 5.41 Å². The van der Waals surface area contributed by atoms with Gasteiger partial charge in [-0.1, -0.05) is 50.2 Å². The van der Waals surface area contributed by atoms with E-state index in [-0.39, 0.29) is 70.4 Å². The third kappa shape index (κ3) is 9.53. The van der Waals surface area contributed by atoms with Crippen molar-refractivity contribution in [2.75, 3.05) is 19.0 Å². The summed E-state index contributed by atoms with van der Waals surface area (Å²) in [6, 6.07) is 22.3. The van der Waals surface area contributed by atoms with Crippen LogP contribution in [-0.2, 0) is 16.1 Å². The Morgan fingerprint density at radius 3 is 2.22 bits per heavy atom. The molecule has 5 N–H and O–H groups in total. The molecule has 278 valence electrons. The highest BCUT2D eigenvalue weighted by Gasteiger charge is 2.27. The van der Waals surface area contributed by atoms with E-state index in [0.717, 1.165) is 5.56 Å². The van der Waals surface area contributed by atoms with Crippen molar-refractivity contribution < 1.29 is 37.8 Å². The molecule has 0 saturated carbocycles. The zero-order chi connectivity index (χ0) is 38.8. The van der Waals surface area contributed by atoms with Crippen LogP contribution < -0.4 is 21.1 Å². The van der Waals surface area contributed by atoms with Crippen LogP contribution in [0.15, 0.2) is 95.6 Å². The molecule has 54 heavy (non-hydrogen) atoms. The van der Waals surface area contributed by atoms with E-state index in [1.807, 2.05) is 44.2 Å². The number of hydrogen-bond acceptors (Lipinski definition) is 11. The fraction of sp³-hybridized carbons (Fsp3) is 0.225. The Hall–Kier alpha value is -6.83. The molecule has 1 unspecified atom stereocenters. The van der Waals surface area contributed by atoms with Crippen LogP contribution >= 0.6 is 0 Å². The van der Waals surface area contributed by atoms with Crippen molar-refractivity contribution in [3.8, 4) is 17.0 Å². The number of nitrogens with two attached hydrogens (primary N) is 1. The molecule has 0 aliphatic heterocycles. The molecule has 1 atom stereocenters. The average Bonchev–Trinajstić information content (AvgIpc) is 3.67. The molecule has 0 bridgehead atoms. The fourth-order valence-corrected chi connectivity index (χ4v) is 5.44. The van der Waals surface area contributed by atoms with Crippen molar-refractivity contribution >= 4 is 35.3 Å². The molecule has 0 fully saturated rings. The largest absolute Gasteiger partial charge is 0.481 e. The first-order chi connectivity index (χ1) is 26.0. The van der Waals surface area contributed by atoms with Crippen molar-refractivity contribution in [3.05, 3.63) is 131 Å². The monoisotopic (exact) mass is 732 g/mol. The second-order valence-corrected chi connectivity index (χ2v) is 12.5. The third-order valence-corrected chi connectivity index (χ3v) is 8.07. The van der Waals surface area contributed by atoms with Gasteiger partial charge < -0.3 is 35.0 Å². The quantitative estimate of drug-likeness (QED) is 0.0531. The average molecular weight is 733 g/mol. The smallest absolute Gasteiger partial charge is 0.360 e. The van der Waals surface area contributed by atoms with Crippen LogP contribution in [0, 0.1) is 11.3 Å². The number of nitrogen functional groups attached to an aromatic ring is 1. The van der Waals surface area contributed by atoms with Gasteiger partial charge in [0.2, 0.25) is 11.8 Å². The van der Waals surface area contributed by atoms with Gasteiger partial charge in [0.1, 0.15) is 30.4 Å². The van der Waals surface area contributed by atoms with Crippen LogP contribution in [-0.4, -0.2) is 53.3 Å². The lowest BCUT2D eigenvalue weighted by Crippen LogP contribution is -2.30. The summed E-state index contributed by atoms with van der Waals surface area (Å²) in [5.74, 6) is -2.33. The number of methoxy groups -OCH3 is 1. The van der Waals surface area contributed by atoms with Gasteiger partial charge in [0, 0.05) is 28.4 Å². The van der Waals surface area contributed by atoms with Crippen LogP contribution in [0.5, 0.6) is 5.88 Å². The van der Waals surface area contributed by atoms with Gasteiger partial charge >= 0.3 is 11.9 Å². The maximum absolute atomic E-state index is 13.9. The van der Waals surface area contributed by atoms with E-state index in [9.17, 15) is 19.2 Å². The van der Waals surface area contributed by atoms with Gasteiger partial charge in [-0.25, -0.2) is 19.6 Å². The number of ether oxygens (including phenoxy) is 3. The van der Waals surface area contributed by atoms with Crippen LogP contribution in [0.3, 0.4) is 0 Å².